The SMILES string of the molecule is Cc1nc(-n2cccc2)sc1C(=O)N1CC[C@H](c2ccccc2F)S(=O)(=O)CC1. The molecule has 0 N–H and O–H groups in total. The minimum absolute atomic E-state index is 0.0856. The first kappa shape index (κ1) is 19.8. The Hall–Kier alpha value is -2.52. The number of carbonyl (C=O) groups is 1. The van der Waals surface area contributed by atoms with Crippen LogP contribution in [-0.2, 0) is 9.84 Å². The van der Waals surface area contributed by atoms with Gasteiger partial charge in [0.05, 0.1) is 16.7 Å². The van der Waals surface area contributed by atoms with Crippen LogP contribution in [-0.4, -0.2) is 47.6 Å². The molecule has 0 aliphatic carbocycles. The molecule has 0 radical (unpaired) electrons. The molecule has 1 aliphatic rings. The van der Waals surface area contributed by atoms with Crippen LogP contribution in [0.2, 0.25) is 0 Å². The molecule has 2 aromatic heterocycles. The number of halogens is 1. The maximum atomic E-state index is 14.2. The van der Waals surface area contributed by atoms with Crippen molar-refractivity contribution < 1.29 is 17.6 Å². The first-order chi connectivity index (χ1) is 13.9. The van der Waals surface area contributed by atoms with E-state index in [1.165, 1.54) is 29.5 Å². The number of thiazole rings is 1. The summed E-state index contributed by atoms with van der Waals surface area (Å²) in [5.41, 5.74) is 0.784. The van der Waals surface area contributed by atoms with E-state index in [1.54, 1.807) is 17.9 Å². The van der Waals surface area contributed by atoms with Gasteiger partial charge in [-0.15, -0.1) is 0 Å². The van der Waals surface area contributed by atoms with Gasteiger partial charge in [-0.3, -0.25) is 4.79 Å². The van der Waals surface area contributed by atoms with Gasteiger partial charge in [0.2, 0.25) is 0 Å². The fraction of sp³-hybridized carbons (Fsp3) is 0.300. The van der Waals surface area contributed by atoms with Gasteiger partial charge in [0.1, 0.15) is 10.7 Å². The van der Waals surface area contributed by atoms with Crippen LogP contribution in [0, 0.1) is 12.7 Å². The molecule has 0 saturated carbocycles. The molecule has 9 heteroatoms. The van der Waals surface area contributed by atoms with Crippen molar-refractivity contribution in [1.29, 1.82) is 0 Å². The average molecular weight is 434 g/mol. The summed E-state index contributed by atoms with van der Waals surface area (Å²) in [6.07, 6.45) is 3.87. The molecule has 4 rings (SSSR count). The molecule has 3 aromatic rings. The molecule has 1 aliphatic heterocycles. The fourth-order valence-electron chi connectivity index (χ4n) is 3.53. The van der Waals surface area contributed by atoms with Gasteiger partial charge in [0, 0.05) is 31.0 Å². The van der Waals surface area contributed by atoms with Crippen molar-refractivity contribution in [1.82, 2.24) is 14.5 Å². The van der Waals surface area contributed by atoms with Crippen molar-refractivity contribution >= 4 is 27.1 Å². The normalized spacial score (nSPS) is 19.1. The summed E-state index contributed by atoms with van der Waals surface area (Å²) in [5, 5.41) is -0.262. The summed E-state index contributed by atoms with van der Waals surface area (Å²) in [5.74, 6) is -0.960. The van der Waals surface area contributed by atoms with Crippen LogP contribution in [0.5, 0.6) is 0 Å². The lowest BCUT2D eigenvalue weighted by Gasteiger charge is -2.19. The van der Waals surface area contributed by atoms with Crippen molar-refractivity contribution in [3.05, 3.63) is 70.7 Å². The van der Waals surface area contributed by atoms with Gasteiger partial charge in [-0.25, -0.2) is 17.8 Å². The zero-order valence-corrected chi connectivity index (χ0v) is 17.4. The molecule has 1 atom stereocenters. The number of rotatable bonds is 3. The Bertz CT molecular complexity index is 1140. The van der Waals surface area contributed by atoms with E-state index >= 15 is 0 Å². The number of benzene rings is 1. The van der Waals surface area contributed by atoms with Crippen LogP contribution >= 0.6 is 11.3 Å². The highest BCUT2D eigenvalue weighted by Gasteiger charge is 2.35. The van der Waals surface area contributed by atoms with Crippen LogP contribution in [0.4, 0.5) is 4.39 Å². The van der Waals surface area contributed by atoms with Crippen molar-refractivity contribution in [3.63, 3.8) is 0 Å². The molecule has 1 amide bonds. The zero-order valence-electron chi connectivity index (χ0n) is 15.8. The lowest BCUT2D eigenvalue weighted by molar-refractivity contribution is 0.0770. The minimum atomic E-state index is -3.57. The summed E-state index contributed by atoms with van der Waals surface area (Å²) in [6.45, 7) is 2.10. The van der Waals surface area contributed by atoms with Gasteiger partial charge < -0.3 is 9.47 Å². The highest BCUT2D eigenvalue weighted by Crippen LogP contribution is 2.32. The average Bonchev–Trinajstić information content (AvgIpc) is 3.31. The number of aryl methyl sites for hydroxylation is 1. The fourth-order valence-corrected chi connectivity index (χ4v) is 6.33. The largest absolute Gasteiger partial charge is 0.337 e. The molecule has 0 bridgehead atoms. The van der Waals surface area contributed by atoms with Crippen LogP contribution in [0.25, 0.3) is 5.13 Å². The Labute approximate surface area is 172 Å². The van der Waals surface area contributed by atoms with E-state index < -0.39 is 20.9 Å². The highest BCUT2D eigenvalue weighted by molar-refractivity contribution is 7.91. The van der Waals surface area contributed by atoms with Gasteiger partial charge >= 0.3 is 0 Å². The lowest BCUT2D eigenvalue weighted by Crippen LogP contribution is -2.33. The first-order valence-corrected chi connectivity index (χ1v) is 11.8. The maximum absolute atomic E-state index is 14.2. The van der Waals surface area contributed by atoms with E-state index in [0.717, 1.165) is 0 Å². The molecular formula is C20H20FN3O3S2. The Balaban J connectivity index is 1.58. The van der Waals surface area contributed by atoms with Gasteiger partial charge in [0.25, 0.3) is 5.91 Å². The summed E-state index contributed by atoms with van der Waals surface area (Å²) in [6, 6.07) is 9.69. The predicted molar refractivity (Wildman–Crippen MR) is 110 cm³/mol. The Morgan fingerprint density at radius 1 is 1.17 bits per heavy atom. The number of sulfone groups is 1. The summed E-state index contributed by atoms with van der Waals surface area (Å²) in [7, 11) is -3.57. The van der Waals surface area contributed by atoms with E-state index in [0.29, 0.717) is 15.7 Å². The van der Waals surface area contributed by atoms with Gasteiger partial charge in [-0.05, 0) is 31.5 Å². The van der Waals surface area contributed by atoms with Crippen molar-refractivity contribution in [3.8, 4) is 5.13 Å². The summed E-state index contributed by atoms with van der Waals surface area (Å²) in [4.78, 5) is 19.6. The zero-order chi connectivity index (χ0) is 20.6. The number of carbonyl (C=O) groups excluding carboxylic acids is 1. The van der Waals surface area contributed by atoms with Gasteiger partial charge in [-0.2, -0.15) is 0 Å². The minimum Gasteiger partial charge on any atom is -0.337 e. The monoisotopic (exact) mass is 433 g/mol. The summed E-state index contributed by atoms with van der Waals surface area (Å²) < 4.78 is 41.6. The smallest absolute Gasteiger partial charge is 0.265 e. The Kier molecular flexibility index (Phi) is 5.26. The van der Waals surface area contributed by atoms with Crippen molar-refractivity contribution in [2.75, 3.05) is 18.8 Å². The third-order valence-corrected chi connectivity index (χ3v) is 8.35. The highest BCUT2D eigenvalue weighted by atomic mass is 32.2. The number of hydrogen-bond acceptors (Lipinski definition) is 5. The number of hydrogen-bond donors (Lipinski definition) is 0. The van der Waals surface area contributed by atoms with E-state index in [2.05, 4.69) is 4.98 Å². The molecule has 0 unspecified atom stereocenters. The third kappa shape index (κ3) is 3.84. The van der Waals surface area contributed by atoms with Gasteiger partial charge in [-0.1, -0.05) is 29.5 Å². The molecule has 3 heterocycles. The molecule has 152 valence electrons. The van der Waals surface area contributed by atoms with Crippen LogP contribution < -0.4 is 0 Å². The standard InChI is InChI=1S/C20H20FN3O3S2/c1-14-18(28-20(22-14)24-9-4-5-10-24)19(25)23-11-8-17(29(26,27)13-12-23)15-6-2-3-7-16(15)21/h2-7,9-10,17H,8,11-13H2,1H3/t17-/m1/s1. The second-order valence-electron chi connectivity index (χ2n) is 6.96. The topological polar surface area (TPSA) is 72.3 Å². The second kappa shape index (κ2) is 7.72. The molecule has 1 fully saturated rings. The number of nitrogens with zero attached hydrogens (tertiary/aromatic N) is 3. The molecule has 29 heavy (non-hydrogen) atoms. The molecular weight excluding hydrogens is 413 g/mol. The predicted octanol–water partition coefficient (Wildman–Crippen LogP) is 3.38. The number of aromatic nitrogens is 2. The Morgan fingerprint density at radius 3 is 2.62 bits per heavy atom. The van der Waals surface area contributed by atoms with E-state index in [-0.39, 0.29) is 36.7 Å². The van der Waals surface area contributed by atoms with E-state index in [1.807, 2.05) is 29.1 Å². The van der Waals surface area contributed by atoms with Crippen LogP contribution in [0.15, 0.2) is 48.8 Å². The van der Waals surface area contributed by atoms with Crippen LogP contribution in [0.1, 0.15) is 32.6 Å². The van der Waals surface area contributed by atoms with Gasteiger partial charge in [0.15, 0.2) is 15.0 Å². The van der Waals surface area contributed by atoms with Crippen LogP contribution in [0.3, 0.4) is 0 Å². The second-order valence-corrected chi connectivity index (χ2v) is 10.2. The maximum Gasteiger partial charge on any atom is 0.265 e. The van der Waals surface area contributed by atoms with E-state index in [4.69, 9.17) is 0 Å². The summed E-state index contributed by atoms with van der Waals surface area (Å²) >= 11 is 1.28. The molecule has 1 saturated heterocycles. The molecule has 1 aromatic carbocycles. The molecule has 0 spiro atoms. The first-order valence-electron chi connectivity index (χ1n) is 9.23. The van der Waals surface area contributed by atoms with Crippen molar-refractivity contribution in [2.45, 2.75) is 18.6 Å². The third-order valence-electron chi connectivity index (χ3n) is 5.08. The van der Waals surface area contributed by atoms with Crippen molar-refractivity contribution in [2.24, 2.45) is 0 Å². The van der Waals surface area contributed by atoms with E-state index in [9.17, 15) is 17.6 Å². The lowest BCUT2D eigenvalue weighted by atomic mass is 10.1. The quantitative estimate of drug-likeness (QED) is 0.635. The molecule has 6 nitrogen and oxygen atoms in total. The number of amides is 1. The Morgan fingerprint density at radius 2 is 1.90 bits per heavy atom.